The highest BCUT2D eigenvalue weighted by Crippen LogP contribution is 2.17. The summed E-state index contributed by atoms with van der Waals surface area (Å²) in [5, 5.41) is 2.22. The van der Waals surface area contributed by atoms with Crippen LogP contribution in [0.15, 0.2) is 48.5 Å². The maximum Gasteiger partial charge on any atom is 0.658 e. The molecule has 0 heterocycles. The SMILES string of the molecule is CON(C)C(=O)c1cccc(O[B]Oc2cccc(C(=O)N(C)OC)c2)c1. The summed E-state index contributed by atoms with van der Waals surface area (Å²) < 4.78 is 10.8. The predicted octanol–water partition coefficient (Wildman–Crippen LogP) is 1.95. The van der Waals surface area contributed by atoms with Gasteiger partial charge in [-0.3, -0.25) is 19.3 Å². The van der Waals surface area contributed by atoms with E-state index in [1.54, 1.807) is 48.5 Å². The lowest BCUT2D eigenvalue weighted by molar-refractivity contribution is -0.0757. The Labute approximate surface area is 158 Å². The van der Waals surface area contributed by atoms with Gasteiger partial charge in [-0.25, -0.2) is 10.1 Å². The summed E-state index contributed by atoms with van der Waals surface area (Å²) in [5.41, 5.74) is 0.806. The summed E-state index contributed by atoms with van der Waals surface area (Å²) in [6.07, 6.45) is 0. The van der Waals surface area contributed by atoms with Gasteiger partial charge in [-0.1, -0.05) is 12.1 Å². The molecule has 0 aliphatic rings. The summed E-state index contributed by atoms with van der Waals surface area (Å²) in [6, 6.07) is 13.1. The minimum Gasteiger partial charge on any atom is -0.526 e. The monoisotopic (exact) mass is 371 g/mol. The molecular weight excluding hydrogens is 351 g/mol. The van der Waals surface area contributed by atoms with Gasteiger partial charge in [0.1, 0.15) is 11.5 Å². The molecule has 27 heavy (non-hydrogen) atoms. The van der Waals surface area contributed by atoms with Gasteiger partial charge in [-0.2, -0.15) is 0 Å². The molecule has 0 aliphatic heterocycles. The second-order valence-corrected chi connectivity index (χ2v) is 5.36. The number of rotatable bonds is 8. The molecule has 2 amide bonds. The van der Waals surface area contributed by atoms with E-state index in [4.69, 9.17) is 19.0 Å². The van der Waals surface area contributed by atoms with Gasteiger partial charge in [-0.15, -0.1) is 0 Å². The van der Waals surface area contributed by atoms with E-state index in [1.165, 1.54) is 28.3 Å². The molecule has 141 valence electrons. The Hall–Kier alpha value is -3.04. The van der Waals surface area contributed by atoms with Gasteiger partial charge in [0, 0.05) is 25.2 Å². The number of carbonyl (C=O) groups excluding carboxylic acids is 2. The van der Waals surface area contributed by atoms with Crippen molar-refractivity contribution in [2.75, 3.05) is 28.3 Å². The second kappa shape index (κ2) is 9.60. The average molecular weight is 371 g/mol. The molecule has 0 saturated carbocycles. The molecule has 0 fully saturated rings. The Morgan fingerprint density at radius 1 is 0.778 bits per heavy atom. The topological polar surface area (TPSA) is 77.5 Å². The van der Waals surface area contributed by atoms with Crippen molar-refractivity contribution in [3.05, 3.63) is 59.7 Å². The van der Waals surface area contributed by atoms with Gasteiger partial charge >= 0.3 is 7.69 Å². The largest absolute Gasteiger partial charge is 0.658 e. The van der Waals surface area contributed by atoms with Crippen molar-refractivity contribution in [1.82, 2.24) is 10.1 Å². The van der Waals surface area contributed by atoms with Gasteiger partial charge in [0.05, 0.1) is 14.2 Å². The van der Waals surface area contributed by atoms with Crippen LogP contribution in [0.25, 0.3) is 0 Å². The maximum atomic E-state index is 12.1. The Kier molecular flexibility index (Phi) is 7.21. The molecule has 1 radical (unpaired) electrons. The van der Waals surface area contributed by atoms with E-state index < -0.39 is 0 Å². The summed E-state index contributed by atoms with van der Waals surface area (Å²) in [7, 11) is 6.96. The predicted molar refractivity (Wildman–Crippen MR) is 98.1 cm³/mol. The van der Waals surface area contributed by atoms with Crippen LogP contribution in [0.2, 0.25) is 0 Å². The normalized spacial score (nSPS) is 10.1. The molecule has 0 saturated heterocycles. The smallest absolute Gasteiger partial charge is 0.526 e. The third-order valence-corrected chi connectivity index (χ3v) is 3.65. The molecule has 0 aromatic heterocycles. The third kappa shape index (κ3) is 5.47. The lowest BCUT2D eigenvalue weighted by Crippen LogP contribution is -2.25. The molecule has 0 unspecified atom stereocenters. The van der Waals surface area contributed by atoms with Gasteiger partial charge < -0.3 is 9.31 Å². The van der Waals surface area contributed by atoms with Crippen molar-refractivity contribution in [1.29, 1.82) is 0 Å². The van der Waals surface area contributed by atoms with Crippen LogP contribution in [0.1, 0.15) is 20.7 Å². The number of nitrogens with zero attached hydrogens (tertiary/aromatic N) is 2. The van der Waals surface area contributed by atoms with E-state index in [2.05, 4.69) is 0 Å². The van der Waals surface area contributed by atoms with Crippen molar-refractivity contribution in [2.24, 2.45) is 0 Å². The zero-order valence-corrected chi connectivity index (χ0v) is 15.5. The van der Waals surface area contributed by atoms with Crippen molar-refractivity contribution < 1.29 is 28.6 Å². The Balaban J connectivity index is 1.97. The lowest BCUT2D eigenvalue weighted by Gasteiger charge is -2.15. The zero-order chi connectivity index (χ0) is 19.8. The Bertz CT molecular complexity index is 735. The number of hydrogen-bond donors (Lipinski definition) is 0. The van der Waals surface area contributed by atoms with Crippen LogP contribution in [-0.2, 0) is 9.68 Å². The van der Waals surface area contributed by atoms with Crippen LogP contribution in [0.4, 0.5) is 0 Å². The van der Waals surface area contributed by atoms with E-state index in [1.807, 2.05) is 0 Å². The van der Waals surface area contributed by atoms with E-state index in [9.17, 15) is 9.59 Å². The quantitative estimate of drug-likeness (QED) is 0.522. The lowest BCUT2D eigenvalue weighted by atomic mass is 10.2. The first-order valence-corrected chi connectivity index (χ1v) is 7.95. The summed E-state index contributed by atoms with van der Waals surface area (Å²) in [6.45, 7) is 0. The van der Waals surface area contributed by atoms with Crippen LogP contribution >= 0.6 is 0 Å². The second-order valence-electron chi connectivity index (χ2n) is 5.36. The molecule has 0 aliphatic carbocycles. The number of hydrogen-bond acceptors (Lipinski definition) is 6. The maximum absolute atomic E-state index is 12.1. The fraction of sp³-hybridized carbons (Fsp3) is 0.222. The first-order chi connectivity index (χ1) is 13.0. The van der Waals surface area contributed by atoms with E-state index in [0.29, 0.717) is 22.6 Å². The van der Waals surface area contributed by atoms with E-state index in [-0.39, 0.29) is 11.8 Å². The number of benzene rings is 2. The summed E-state index contributed by atoms with van der Waals surface area (Å²) >= 11 is 0. The molecule has 2 rings (SSSR count). The van der Waals surface area contributed by atoms with Gasteiger partial charge in [0.25, 0.3) is 11.8 Å². The minimum absolute atomic E-state index is 0.308. The van der Waals surface area contributed by atoms with Crippen molar-refractivity contribution in [3.8, 4) is 11.5 Å². The average Bonchev–Trinajstić information content (AvgIpc) is 2.71. The van der Waals surface area contributed by atoms with E-state index >= 15 is 0 Å². The first kappa shape index (κ1) is 20.3. The molecular formula is C18H20BN2O6. The van der Waals surface area contributed by atoms with Crippen LogP contribution in [0, 0.1) is 0 Å². The van der Waals surface area contributed by atoms with Gasteiger partial charge in [0.15, 0.2) is 0 Å². The highest BCUT2D eigenvalue weighted by molar-refractivity contribution is 6.20. The van der Waals surface area contributed by atoms with E-state index in [0.717, 1.165) is 17.8 Å². The Morgan fingerprint density at radius 3 is 1.56 bits per heavy atom. The molecule has 0 bridgehead atoms. The highest BCUT2D eigenvalue weighted by atomic mass is 16.7. The highest BCUT2D eigenvalue weighted by Gasteiger charge is 2.14. The zero-order valence-electron chi connectivity index (χ0n) is 15.5. The minimum atomic E-state index is -0.308. The molecule has 9 heteroatoms. The van der Waals surface area contributed by atoms with Gasteiger partial charge in [0.2, 0.25) is 0 Å². The molecule has 0 N–H and O–H groups in total. The fourth-order valence-electron chi connectivity index (χ4n) is 2.07. The first-order valence-electron chi connectivity index (χ1n) is 7.95. The number of hydroxylamine groups is 4. The van der Waals surface area contributed by atoms with Crippen LogP contribution in [0.3, 0.4) is 0 Å². The van der Waals surface area contributed by atoms with Crippen LogP contribution < -0.4 is 9.31 Å². The molecule has 0 atom stereocenters. The van der Waals surface area contributed by atoms with Crippen molar-refractivity contribution in [2.45, 2.75) is 0 Å². The molecule has 0 spiro atoms. The molecule has 2 aromatic carbocycles. The van der Waals surface area contributed by atoms with Crippen LogP contribution in [-0.4, -0.2) is 57.9 Å². The van der Waals surface area contributed by atoms with Crippen LogP contribution in [0.5, 0.6) is 11.5 Å². The number of amides is 2. The van der Waals surface area contributed by atoms with Crippen molar-refractivity contribution in [3.63, 3.8) is 0 Å². The van der Waals surface area contributed by atoms with Crippen molar-refractivity contribution >= 4 is 19.5 Å². The molecule has 8 nitrogen and oxygen atoms in total. The summed E-state index contributed by atoms with van der Waals surface area (Å²) in [5.74, 6) is 0.211. The van der Waals surface area contributed by atoms with Gasteiger partial charge in [-0.05, 0) is 36.4 Å². The Morgan fingerprint density at radius 2 is 1.19 bits per heavy atom. The number of carbonyl (C=O) groups is 2. The molecule has 2 aromatic rings. The standard InChI is InChI=1S/C18H20BN2O6/c1-20(24-3)17(22)13-7-5-9-15(11-13)26-19-27-16-10-6-8-14(12-16)18(23)21(2)25-4/h5-12H,1-4H3. The fourth-order valence-corrected chi connectivity index (χ4v) is 2.07. The third-order valence-electron chi connectivity index (χ3n) is 3.65. The summed E-state index contributed by atoms with van der Waals surface area (Å²) in [4.78, 5) is 33.9.